The van der Waals surface area contributed by atoms with E-state index in [1.54, 1.807) is 24.3 Å². The van der Waals surface area contributed by atoms with E-state index in [0.29, 0.717) is 21.1 Å². The Hall–Kier alpha value is -2.32. The molecule has 148 valence electrons. The molecule has 1 saturated carbocycles. The number of imide groups is 1. The summed E-state index contributed by atoms with van der Waals surface area (Å²) in [6.07, 6.45) is 5.64. The van der Waals surface area contributed by atoms with Crippen molar-refractivity contribution in [2.75, 3.05) is 5.75 Å². The van der Waals surface area contributed by atoms with Crippen molar-refractivity contribution < 1.29 is 9.59 Å². The van der Waals surface area contributed by atoms with E-state index in [1.807, 2.05) is 0 Å². The van der Waals surface area contributed by atoms with Gasteiger partial charge in [-0.3, -0.25) is 19.5 Å². The molecule has 0 bridgehead atoms. The number of thioether (sulfide) groups is 1. The molecule has 2 N–H and O–H groups in total. The van der Waals surface area contributed by atoms with Crippen LogP contribution in [0.4, 0.5) is 4.79 Å². The fourth-order valence-corrected chi connectivity index (χ4v) is 4.13. The maximum Gasteiger partial charge on any atom is 0.321 e. The van der Waals surface area contributed by atoms with E-state index >= 15 is 0 Å². The number of hydrogen-bond donors (Lipinski definition) is 2. The van der Waals surface area contributed by atoms with Crippen LogP contribution in [-0.4, -0.2) is 33.3 Å². The van der Waals surface area contributed by atoms with Crippen molar-refractivity contribution in [3.63, 3.8) is 0 Å². The molecule has 0 atom stereocenters. The molecule has 1 aromatic carbocycles. The van der Waals surface area contributed by atoms with Gasteiger partial charge < -0.3 is 5.32 Å². The summed E-state index contributed by atoms with van der Waals surface area (Å²) >= 11 is 7.08. The molecular weight excluding hydrogens is 400 g/mol. The first-order valence-electron chi connectivity index (χ1n) is 9.02. The number of aromatic nitrogens is 2. The fourth-order valence-electron chi connectivity index (χ4n) is 3.16. The zero-order valence-electron chi connectivity index (χ0n) is 15.2. The quantitative estimate of drug-likeness (QED) is 0.425. The van der Waals surface area contributed by atoms with Crippen molar-refractivity contribution in [3.05, 3.63) is 46.2 Å². The van der Waals surface area contributed by atoms with Crippen LogP contribution in [0.25, 0.3) is 10.9 Å². The minimum absolute atomic E-state index is 0.0479. The van der Waals surface area contributed by atoms with Crippen molar-refractivity contribution in [1.82, 2.24) is 20.2 Å². The monoisotopic (exact) mass is 420 g/mol. The standard InChI is InChI=1S/C19H21ClN4O3S/c1-2-9-24-17(26)14-8-7-12(20)10-15(14)22-19(24)28-11-16(25)23-18(27)21-13-5-3-4-6-13/h2,7-8,10,13H,1,3-6,9,11H2,(H2,21,23,25,27). The summed E-state index contributed by atoms with van der Waals surface area (Å²) in [6.45, 7) is 3.93. The molecule has 0 spiro atoms. The molecule has 2 aromatic rings. The normalized spacial score (nSPS) is 14.2. The summed E-state index contributed by atoms with van der Waals surface area (Å²) in [7, 11) is 0. The number of allylic oxidation sites excluding steroid dienone is 1. The SMILES string of the molecule is C=CCn1c(SCC(=O)NC(=O)NC2CCCC2)nc2cc(Cl)ccc2c1=O. The lowest BCUT2D eigenvalue weighted by Crippen LogP contribution is -2.44. The third-order valence-corrected chi connectivity index (χ3v) is 5.68. The number of fused-ring (bicyclic) bond motifs is 1. The maximum atomic E-state index is 12.7. The number of halogens is 1. The second kappa shape index (κ2) is 9.25. The summed E-state index contributed by atoms with van der Waals surface area (Å²) in [5, 5.41) is 6.40. The fraction of sp³-hybridized carbons (Fsp3) is 0.368. The summed E-state index contributed by atoms with van der Waals surface area (Å²) in [6, 6.07) is 4.51. The molecule has 0 aliphatic heterocycles. The van der Waals surface area contributed by atoms with Gasteiger partial charge in [0.05, 0.1) is 16.7 Å². The predicted molar refractivity (Wildman–Crippen MR) is 111 cm³/mol. The number of carbonyl (C=O) groups is 2. The molecule has 1 aromatic heterocycles. The Morgan fingerprint density at radius 1 is 1.36 bits per heavy atom. The van der Waals surface area contributed by atoms with Gasteiger partial charge in [0, 0.05) is 17.6 Å². The van der Waals surface area contributed by atoms with Crippen molar-refractivity contribution in [2.45, 2.75) is 43.4 Å². The summed E-state index contributed by atoms with van der Waals surface area (Å²) in [4.78, 5) is 41.2. The van der Waals surface area contributed by atoms with E-state index in [0.717, 1.165) is 37.4 Å². The van der Waals surface area contributed by atoms with Gasteiger partial charge in [-0.05, 0) is 31.0 Å². The smallest absolute Gasteiger partial charge is 0.321 e. The van der Waals surface area contributed by atoms with E-state index in [4.69, 9.17) is 11.6 Å². The van der Waals surface area contributed by atoms with Gasteiger partial charge in [0.25, 0.3) is 5.56 Å². The highest BCUT2D eigenvalue weighted by atomic mass is 35.5. The van der Waals surface area contributed by atoms with Crippen molar-refractivity contribution >= 4 is 46.2 Å². The summed E-state index contributed by atoms with van der Waals surface area (Å²) in [5.41, 5.74) is 0.225. The topological polar surface area (TPSA) is 93.1 Å². The van der Waals surface area contributed by atoms with Crippen LogP contribution in [0.1, 0.15) is 25.7 Å². The van der Waals surface area contributed by atoms with Crippen LogP contribution < -0.4 is 16.2 Å². The van der Waals surface area contributed by atoms with E-state index in [2.05, 4.69) is 22.2 Å². The molecule has 1 aliphatic carbocycles. The molecule has 3 rings (SSSR count). The molecule has 28 heavy (non-hydrogen) atoms. The second-order valence-corrected chi connectivity index (χ2v) is 7.93. The minimum Gasteiger partial charge on any atom is -0.335 e. The van der Waals surface area contributed by atoms with Gasteiger partial charge in [0.15, 0.2) is 5.16 Å². The van der Waals surface area contributed by atoms with Crippen LogP contribution in [-0.2, 0) is 11.3 Å². The number of hydrogen-bond acceptors (Lipinski definition) is 5. The van der Waals surface area contributed by atoms with Crippen LogP contribution in [0.3, 0.4) is 0 Å². The van der Waals surface area contributed by atoms with E-state index in [1.165, 1.54) is 4.57 Å². The molecule has 7 nitrogen and oxygen atoms in total. The Bertz CT molecular complexity index is 970. The van der Waals surface area contributed by atoms with Crippen LogP contribution in [0.2, 0.25) is 5.02 Å². The van der Waals surface area contributed by atoms with Gasteiger partial charge >= 0.3 is 6.03 Å². The lowest BCUT2D eigenvalue weighted by molar-refractivity contribution is -0.117. The number of amides is 3. The van der Waals surface area contributed by atoms with Crippen molar-refractivity contribution in [1.29, 1.82) is 0 Å². The number of rotatable bonds is 6. The largest absolute Gasteiger partial charge is 0.335 e. The zero-order valence-corrected chi connectivity index (χ0v) is 16.8. The highest BCUT2D eigenvalue weighted by molar-refractivity contribution is 7.99. The first-order valence-corrected chi connectivity index (χ1v) is 10.4. The Kier molecular flexibility index (Phi) is 6.74. The highest BCUT2D eigenvalue weighted by Crippen LogP contribution is 2.20. The van der Waals surface area contributed by atoms with Crippen molar-refractivity contribution in [3.8, 4) is 0 Å². The van der Waals surface area contributed by atoms with Gasteiger partial charge in [-0.25, -0.2) is 9.78 Å². The average Bonchev–Trinajstić information content (AvgIpc) is 3.15. The van der Waals surface area contributed by atoms with Crippen LogP contribution >= 0.6 is 23.4 Å². The third kappa shape index (κ3) is 4.94. The van der Waals surface area contributed by atoms with Gasteiger partial charge in [0.1, 0.15) is 0 Å². The number of benzene rings is 1. The van der Waals surface area contributed by atoms with Gasteiger partial charge in [-0.1, -0.05) is 42.3 Å². The highest BCUT2D eigenvalue weighted by Gasteiger charge is 2.19. The number of urea groups is 1. The lowest BCUT2D eigenvalue weighted by atomic mass is 10.2. The Labute approximate surface area is 171 Å². The minimum atomic E-state index is -0.487. The molecule has 1 fully saturated rings. The maximum absolute atomic E-state index is 12.7. The molecular formula is C19H21ClN4O3S. The number of nitrogens with one attached hydrogen (secondary N) is 2. The van der Waals surface area contributed by atoms with Crippen molar-refractivity contribution in [2.24, 2.45) is 0 Å². The van der Waals surface area contributed by atoms with E-state index in [-0.39, 0.29) is 23.9 Å². The lowest BCUT2D eigenvalue weighted by Gasteiger charge is -2.13. The van der Waals surface area contributed by atoms with Gasteiger partial charge in [-0.15, -0.1) is 6.58 Å². The molecule has 1 heterocycles. The summed E-state index contributed by atoms with van der Waals surface area (Å²) in [5.74, 6) is -0.501. The first kappa shape index (κ1) is 20.4. The Morgan fingerprint density at radius 3 is 2.82 bits per heavy atom. The number of carbonyl (C=O) groups excluding carboxylic acids is 2. The van der Waals surface area contributed by atoms with Crippen LogP contribution in [0.5, 0.6) is 0 Å². The molecule has 1 aliphatic rings. The third-order valence-electron chi connectivity index (χ3n) is 4.47. The van der Waals surface area contributed by atoms with Gasteiger partial charge in [0.2, 0.25) is 5.91 Å². The molecule has 0 radical (unpaired) electrons. The molecule has 9 heteroatoms. The van der Waals surface area contributed by atoms with E-state index < -0.39 is 11.9 Å². The van der Waals surface area contributed by atoms with Crippen LogP contribution in [0.15, 0.2) is 40.8 Å². The van der Waals surface area contributed by atoms with Crippen LogP contribution in [0, 0.1) is 0 Å². The van der Waals surface area contributed by atoms with Gasteiger partial charge in [-0.2, -0.15) is 0 Å². The molecule has 0 unspecified atom stereocenters. The Balaban J connectivity index is 1.70. The predicted octanol–water partition coefficient (Wildman–Crippen LogP) is 3.10. The van der Waals surface area contributed by atoms with E-state index in [9.17, 15) is 14.4 Å². The molecule has 3 amide bonds. The first-order chi connectivity index (χ1) is 13.5. The second-order valence-electron chi connectivity index (χ2n) is 6.55. The molecule has 0 saturated heterocycles. The Morgan fingerprint density at radius 2 is 2.11 bits per heavy atom. The average molecular weight is 421 g/mol. The number of nitrogens with zero attached hydrogens (tertiary/aromatic N) is 2. The summed E-state index contributed by atoms with van der Waals surface area (Å²) < 4.78 is 1.44. The zero-order chi connectivity index (χ0) is 20.1.